The molecule has 20 heavy (non-hydrogen) atoms. The van der Waals surface area contributed by atoms with E-state index >= 15 is 0 Å². The molecule has 2 aromatic heterocycles. The molecule has 0 amide bonds. The van der Waals surface area contributed by atoms with Gasteiger partial charge in [0.1, 0.15) is 12.7 Å². The molecule has 5 heteroatoms. The number of nitrogens with zero attached hydrogens (tertiary/aromatic N) is 4. The van der Waals surface area contributed by atoms with Gasteiger partial charge in [0.15, 0.2) is 5.82 Å². The highest BCUT2D eigenvalue weighted by Gasteiger charge is 2.10. The first-order chi connectivity index (χ1) is 9.72. The zero-order chi connectivity index (χ0) is 14.4. The number of nitrogens with one attached hydrogen (secondary N) is 1. The van der Waals surface area contributed by atoms with Crippen LogP contribution in [0.5, 0.6) is 0 Å². The van der Waals surface area contributed by atoms with Crippen molar-refractivity contribution in [2.24, 2.45) is 5.92 Å². The number of pyridine rings is 1. The molecule has 0 bridgehead atoms. The first-order valence-corrected chi connectivity index (χ1v) is 7.30. The summed E-state index contributed by atoms with van der Waals surface area (Å²) < 4.78 is 1.65. The van der Waals surface area contributed by atoms with Crippen molar-refractivity contribution in [3.8, 4) is 5.82 Å². The van der Waals surface area contributed by atoms with Crippen LogP contribution in [0.15, 0.2) is 31.0 Å². The molecule has 2 heterocycles. The maximum absolute atomic E-state index is 4.41. The standard InChI is InChI=1S/C15H23N5/c1-4-12(3)8-13(5-2)19-14-6-7-15(17-9-14)20-11-16-10-18-20/h6-7,9-13,19H,4-5,8H2,1-3H3. The molecule has 2 aromatic rings. The van der Waals surface area contributed by atoms with Gasteiger partial charge in [0.2, 0.25) is 0 Å². The number of aromatic nitrogens is 4. The molecular formula is C15H23N5. The molecule has 0 saturated carbocycles. The smallest absolute Gasteiger partial charge is 0.155 e. The van der Waals surface area contributed by atoms with Crippen molar-refractivity contribution in [2.45, 2.75) is 46.1 Å². The third-order valence-electron chi connectivity index (χ3n) is 3.65. The van der Waals surface area contributed by atoms with E-state index < -0.39 is 0 Å². The van der Waals surface area contributed by atoms with E-state index in [0.29, 0.717) is 6.04 Å². The van der Waals surface area contributed by atoms with E-state index in [9.17, 15) is 0 Å². The Hall–Kier alpha value is -1.91. The van der Waals surface area contributed by atoms with Gasteiger partial charge in [0, 0.05) is 6.04 Å². The van der Waals surface area contributed by atoms with Crippen LogP contribution in [0, 0.1) is 5.92 Å². The summed E-state index contributed by atoms with van der Waals surface area (Å²) in [6.07, 6.45) is 8.55. The number of anilines is 1. The lowest BCUT2D eigenvalue weighted by molar-refractivity contribution is 0.461. The van der Waals surface area contributed by atoms with Gasteiger partial charge in [-0.2, -0.15) is 5.10 Å². The lowest BCUT2D eigenvalue weighted by atomic mass is 9.98. The molecular weight excluding hydrogens is 250 g/mol. The summed E-state index contributed by atoms with van der Waals surface area (Å²) >= 11 is 0. The van der Waals surface area contributed by atoms with Crippen LogP contribution in [0.3, 0.4) is 0 Å². The van der Waals surface area contributed by atoms with Crippen LogP contribution < -0.4 is 5.32 Å². The van der Waals surface area contributed by atoms with Gasteiger partial charge in [-0.15, -0.1) is 0 Å². The zero-order valence-electron chi connectivity index (χ0n) is 12.5. The Morgan fingerprint density at radius 1 is 1.25 bits per heavy atom. The van der Waals surface area contributed by atoms with Crippen LogP contribution in [0.1, 0.15) is 40.0 Å². The molecule has 5 nitrogen and oxygen atoms in total. The van der Waals surface area contributed by atoms with Gasteiger partial charge in [0.25, 0.3) is 0 Å². The summed E-state index contributed by atoms with van der Waals surface area (Å²) in [4.78, 5) is 8.33. The molecule has 0 aromatic carbocycles. The van der Waals surface area contributed by atoms with Crippen molar-refractivity contribution < 1.29 is 0 Å². The topological polar surface area (TPSA) is 55.6 Å². The van der Waals surface area contributed by atoms with Crippen LogP contribution in [0.2, 0.25) is 0 Å². The SMILES string of the molecule is CCC(C)CC(CC)Nc1ccc(-n2cncn2)nc1. The van der Waals surface area contributed by atoms with E-state index in [4.69, 9.17) is 0 Å². The van der Waals surface area contributed by atoms with Gasteiger partial charge in [-0.3, -0.25) is 0 Å². The van der Waals surface area contributed by atoms with Gasteiger partial charge < -0.3 is 5.32 Å². The Bertz CT molecular complexity index is 491. The van der Waals surface area contributed by atoms with Crippen molar-refractivity contribution in [3.63, 3.8) is 0 Å². The summed E-state index contributed by atoms with van der Waals surface area (Å²) in [7, 11) is 0. The molecule has 108 valence electrons. The fourth-order valence-corrected chi connectivity index (χ4v) is 2.15. The van der Waals surface area contributed by atoms with Crippen LogP contribution in [0.4, 0.5) is 5.69 Å². The van der Waals surface area contributed by atoms with E-state index in [1.807, 2.05) is 18.3 Å². The first-order valence-electron chi connectivity index (χ1n) is 7.30. The van der Waals surface area contributed by atoms with Gasteiger partial charge >= 0.3 is 0 Å². The highest BCUT2D eigenvalue weighted by molar-refractivity contribution is 5.44. The Morgan fingerprint density at radius 2 is 2.10 bits per heavy atom. The quantitative estimate of drug-likeness (QED) is 0.841. The monoisotopic (exact) mass is 273 g/mol. The summed E-state index contributed by atoms with van der Waals surface area (Å²) in [6, 6.07) is 4.50. The van der Waals surface area contributed by atoms with Gasteiger partial charge in [-0.1, -0.05) is 27.2 Å². The lowest BCUT2D eigenvalue weighted by Crippen LogP contribution is -2.21. The van der Waals surface area contributed by atoms with E-state index in [1.54, 1.807) is 11.0 Å². The van der Waals surface area contributed by atoms with E-state index in [1.165, 1.54) is 19.2 Å². The molecule has 0 aliphatic carbocycles. The first kappa shape index (κ1) is 14.5. The molecule has 1 N–H and O–H groups in total. The minimum atomic E-state index is 0.504. The highest BCUT2D eigenvalue weighted by atomic mass is 15.3. The molecule has 0 aliphatic rings. The predicted molar refractivity (Wildman–Crippen MR) is 80.9 cm³/mol. The molecule has 2 rings (SSSR count). The van der Waals surface area contributed by atoms with Crippen LogP contribution in [-0.4, -0.2) is 25.8 Å². The zero-order valence-corrected chi connectivity index (χ0v) is 12.5. The number of rotatable bonds is 7. The van der Waals surface area contributed by atoms with Crippen molar-refractivity contribution in [1.82, 2.24) is 19.7 Å². The van der Waals surface area contributed by atoms with Crippen molar-refractivity contribution in [1.29, 1.82) is 0 Å². The lowest BCUT2D eigenvalue weighted by Gasteiger charge is -2.21. The summed E-state index contributed by atoms with van der Waals surface area (Å²) in [5.41, 5.74) is 1.06. The average molecular weight is 273 g/mol. The second-order valence-electron chi connectivity index (χ2n) is 5.24. The second-order valence-corrected chi connectivity index (χ2v) is 5.24. The van der Waals surface area contributed by atoms with Gasteiger partial charge in [-0.05, 0) is 30.9 Å². The van der Waals surface area contributed by atoms with Crippen molar-refractivity contribution in [2.75, 3.05) is 5.32 Å². The molecule has 0 fully saturated rings. The van der Waals surface area contributed by atoms with E-state index in [2.05, 4.69) is 41.2 Å². The van der Waals surface area contributed by atoms with Crippen LogP contribution in [-0.2, 0) is 0 Å². The molecule has 2 unspecified atom stereocenters. The Labute approximate surface area is 120 Å². The molecule has 2 atom stereocenters. The Kier molecular flexibility index (Phi) is 5.09. The summed E-state index contributed by atoms with van der Waals surface area (Å²) in [6.45, 7) is 6.76. The maximum atomic E-state index is 4.41. The normalized spacial score (nSPS) is 13.9. The number of hydrogen-bond donors (Lipinski definition) is 1. The van der Waals surface area contributed by atoms with Crippen LogP contribution in [0.25, 0.3) is 5.82 Å². The molecule has 0 radical (unpaired) electrons. The third-order valence-corrected chi connectivity index (χ3v) is 3.65. The van der Waals surface area contributed by atoms with Crippen molar-refractivity contribution in [3.05, 3.63) is 31.0 Å². The van der Waals surface area contributed by atoms with E-state index in [0.717, 1.165) is 23.8 Å². The highest BCUT2D eigenvalue weighted by Crippen LogP contribution is 2.17. The molecule has 0 spiro atoms. The Morgan fingerprint density at radius 3 is 2.65 bits per heavy atom. The largest absolute Gasteiger partial charge is 0.381 e. The van der Waals surface area contributed by atoms with Gasteiger partial charge in [-0.25, -0.2) is 14.6 Å². The maximum Gasteiger partial charge on any atom is 0.155 e. The van der Waals surface area contributed by atoms with Crippen molar-refractivity contribution >= 4 is 5.69 Å². The summed E-state index contributed by atoms with van der Waals surface area (Å²) in [5.74, 6) is 1.53. The van der Waals surface area contributed by atoms with Crippen LogP contribution >= 0.6 is 0 Å². The molecule has 0 aliphatic heterocycles. The Balaban J connectivity index is 1.99. The fourth-order valence-electron chi connectivity index (χ4n) is 2.15. The molecule has 0 saturated heterocycles. The minimum absolute atomic E-state index is 0.504. The fraction of sp³-hybridized carbons (Fsp3) is 0.533. The predicted octanol–water partition coefficient (Wildman–Crippen LogP) is 3.29. The van der Waals surface area contributed by atoms with Gasteiger partial charge in [0.05, 0.1) is 11.9 Å². The third kappa shape index (κ3) is 3.79. The number of hydrogen-bond acceptors (Lipinski definition) is 4. The van der Waals surface area contributed by atoms with E-state index in [-0.39, 0.29) is 0 Å². The second kappa shape index (κ2) is 7.03. The minimum Gasteiger partial charge on any atom is -0.381 e. The summed E-state index contributed by atoms with van der Waals surface area (Å²) in [5, 5.41) is 7.62. The average Bonchev–Trinajstić information content (AvgIpc) is 3.01.